The third-order valence-electron chi connectivity index (χ3n) is 4.33. The van der Waals surface area contributed by atoms with Crippen molar-refractivity contribution in [3.8, 4) is 0 Å². The highest BCUT2D eigenvalue weighted by Gasteiger charge is 2.53. The molecule has 0 bridgehead atoms. The number of amides is 3. The Balaban J connectivity index is 1.64. The second kappa shape index (κ2) is 3.89. The topological polar surface area (TPSA) is 73.5 Å². The average Bonchev–Trinajstić information content (AvgIpc) is 3.22. The highest BCUT2D eigenvalue weighted by Crippen LogP contribution is 2.37. The number of carbonyl (C=O) groups excluding carboxylic acids is 2. The fourth-order valence-electron chi connectivity index (χ4n) is 3.01. The first kappa shape index (κ1) is 11.6. The maximum atomic E-state index is 12.0. The Kier molecular flexibility index (Phi) is 2.38. The van der Waals surface area contributed by atoms with E-state index in [0.717, 1.165) is 12.8 Å². The smallest absolute Gasteiger partial charge is 0.325 e. The number of rotatable bonds is 2. The molecule has 2 aliphatic heterocycles. The number of imide groups is 1. The SMILES string of the molecule is O=C1NC(=O)N(C2CC2)C2NC(C3CC3)NC(=S)C12. The van der Waals surface area contributed by atoms with E-state index in [0.29, 0.717) is 10.9 Å². The molecule has 3 amide bonds. The molecule has 6 nitrogen and oxygen atoms in total. The van der Waals surface area contributed by atoms with Gasteiger partial charge in [-0.15, -0.1) is 0 Å². The molecule has 0 aromatic rings. The van der Waals surface area contributed by atoms with Crippen LogP contribution in [-0.2, 0) is 4.79 Å². The quantitative estimate of drug-likeness (QED) is 0.616. The van der Waals surface area contributed by atoms with E-state index >= 15 is 0 Å². The first-order valence-electron chi connectivity index (χ1n) is 6.85. The maximum absolute atomic E-state index is 12.0. The van der Waals surface area contributed by atoms with Gasteiger partial charge in [-0.3, -0.25) is 15.4 Å². The molecule has 102 valence electrons. The fourth-order valence-corrected chi connectivity index (χ4v) is 3.38. The van der Waals surface area contributed by atoms with Gasteiger partial charge in [0.15, 0.2) is 0 Å². The van der Waals surface area contributed by atoms with E-state index in [2.05, 4.69) is 16.0 Å². The second-order valence-electron chi connectivity index (χ2n) is 5.85. The Labute approximate surface area is 116 Å². The molecule has 3 atom stereocenters. The minimum Gasteiger partial charge on any atom is -0.363 e. The van der Waals surface area contributed by atoms with Gasteiger partial charge < -0.3 is 10.2 Å². The van der Waals surface area contributed by atoms with Gasteiger partial charge in [-0.05, 0) is 31.6 Å². The standard InChI is InChI=1S/C12H16N4O2S/c17-10-7-9(16(6-3-4-6)12(18)15-10)13-8(5-1-2-5)14-11(7)19/h5-9,13H,1-4H2,(H,14,19)(H,15,17,18). The van der Waals surface area contributed by atoms with Gasteiger partial charge in [0.1, 0.15) is 12.1 Å². The third kappa shape index (κ3) is 1.83. The molecule has 19 heavy (non-hydrogen) atoms. The lowest BCUT2D eigenvalue weighted by molar-refractivity contribution is -0.126. The van der Waals surface area contributed by atoms with E-state index in [1.807, 2.05) is 0 Å². The number of hydrogen-bond donors (Lipinski definition) is 3. The van der Waals surface area contributed by atoms with Crippen LogP contribution < -0.4 is 16.0 Å². The lowest BCUT2D eigenvalue weighted by atomic mass is 9.97. The average molecular weight is 280 g/mol. The van der Waals surface area contributed by atoms with Crippen LogP contribution in [0.2, 0.25) is 0 Å². The highest BCUT2D eigenvalue weighted by atomic mass is 32.1. The van der Waals surface area contributed by atoms with Gasteiger partial charge in [0.25, 0.3) is 0 Å². The number of nitrogens with one attached hydrogen (secondary N) is 3. The van der Waals surface area contributed by atoms with Gasteiger partial charge in [-0.25, -0.2) is 4.79 Å². The molecule has 4 rings (SSSR count). The summed E-state index contributed by atoms with van der Waals surface area (Å²) in [5.41, 5.74) is 0. The summed E-state index contributed by atoms with van der Waals surface area (Å²) >= 11 is 5.35. The summed E-state index contributed by atoms with van der Waals surface area (Å²) in [4.78, 5) is 26.4. The van der Waals surface area contributed by atoms with E-state index in [1.54, 1.807) is 4.90 Å². The van der Waals surface area contributed by atoms with E-state index in [9.17, 15) is 9.59 Å². The Morgan fingerprint density at radius 1 is 1.16 bits per heavy atom. The summed E-state index contributed by atoms with van der Waals surface area (Å²) in [6, 6.07) is -0.0191. The number of hydrogen-bond acceptors (Lipinski definition) is 4. The van der Waals surface area contributed by atoms with Gasteiger partial charge >= 0.3 is 6.03 Å². The number of carbonyl (C=O) groups is 2. The lowest BCUT2D eigenvalue weighted by Gasteiger charge is -2.46. The number of thiocarbonyl (C=S) groups is 1. The minimum atomic E-state index is -0.455. The fraction of sp³-hybridized carbons (Fsp3) is 0.750. The summed E-state index contributed by atoms with van der Waals surface area (Å²) in [6.07, 6.45) is 4.21. The highest BCUT2D eigenvalue weighted by molar-refractivity contribution is 7.80. The molecular weight excluding hydrogens is 264 g/mol. The second-order valence-corrected chi connectivity index (χ2v) is 6.29. The zero-order chi connectivity index (χ0) is 13.1. The minimum absolute atomic E-state index is 0.105. The van der Waals surface area contributed by atoms with Crippen molar-refractivity contribution in [1.82, 2.24) is 20.9 Å². The molecule has 2 heterocycles. The molecule has 0 aromatic heterocycles. The van der Waals surface area contributed by atoms with Gasteiger partial charge in [-0.1, -0.05) is 12.2 Å². The van der Waals surface area contributed by atoms with Gasteiger partial charge in [0.2, 0.25) is 5.91 Å². The molecule has 0 radical (unpaired) electrons. The van der Waals surface area contributed by atoms with Crippen molar-refractivity contribution in [2.75, 3.05) is 0 Å². The summed E-state index contributed by atoms with van der Waals surface area (Å²) in [5.74, 6) is -0.172. The largest absolute Gasteiger partial charge is 0.363 e. The first-order chi connectivity index (χ1) is 9.15. The number of urea groups is 1. The van der Waals surface area contributed by atoms with Crippen LogP contribution in [0.15, 0.2) is 0 Å². The first-order valence-corrected chi connectivity index (χ1v) is 7.25. The Bertz CT molecular complexity index is 474. The third-order valence-corrected chi connectivity index (χ3v) is 4.70. The molecule has 4 aliphatic rings. The van der Waals surface area contributed by atoms with E-state index in [4.69, 9.17) is 12.2 Å². The normalized spacial score (nSPS) is 38.6. The van der Waals surface area contributed by atoms with E-state index in [1.165, 1.54) is 12.8 Å². The molecule has 7 heteroatoms. The predicted octanol–water partition coefficient (Wildman–Crippen LogP) is -0.101. The maximum Gasteiger partial charge on any atom is 0.325 e. The molecule has 0 aromatic carbocycles. The molecule has 3 N–H and O–H groups in total. The van der Waals surface area contributed by atoms with E-state index < -0.39 is 5.92 Å². The Morgan fingerprint density at radius 3 is 2.53 bits per heavy atom. The van der Waals surface area contributed by atoms with Crippen molar-refractivity contribution in [3.05, 3.63) is 0 Å². The van der Waals surface area contributed by atoms with Crippen LogP contribution in [-0.4, -0.2) is 40.2 Å². The Morgan fingerprint density at radius 2 is 1.89 bits per heavy atom. The zero-order valence-electron chi connectivity index (χ0n) is 10.4. The van der Waals surface area contributed by atoms with Crippen molar-refractivity contribution in [3.63, 3.8) is 0 Å². The molecule has 2 saturated carbocycles. The van der Waals surface area contributed by atoms with Crippen LogP contribution >= 0.6 is 12.2 Å². The van der Waals surface area contributed by atoms with Crippen LogP contribution in [0.25, 0.3) is 0 Å². The van der Waals surface area contributed by atoms with Crippen LogP contribution in [0.3, 0.4) is 0 Å². The predicted molar refractivity (Wildman–Crippen MR) is 71.1 cm³/mol. The van der Waals surface area contributed by atoms with Gasteiger partial charge in [0.05, 0.1) is 11.2 Å². The Hall–Kier alpha value is -1.21. The summed E-state index contributed by atoms with van der Waals surface area (Å²) in [5, 5.41) is 9.07. The van der Waals surface area contributed by atoms with Crippen molar-refractivity contribution in [1.29, 1.82) is 0 Å². The molecule has 2 aliphatic carbocycles. The van der Waals surface area contributed by atoms with Crippen LogP contribution in [0.5, 0.6) is 0 Å². The van der Waals surface area contributed by atoms with Gasteiger partial charge in [-0.2, -0.15) is 0 Å². The molecule has 3 unspecified atom stereocenters. The zero-order valence-corrected chi connectivity index (χ0v) is 11.2. The van der Waals surface area contributed by atoms with Crippen molar-refractivity contribution in [2.24, 2.45) is 11.8 Å². The summed E-state index contributed by atoms with van der Waals surface area (Å²) in [6.45, 7) is 0. The molecule has 0 spiro atoms. The molecule has 2 saturated heterocycles. The van der Waals surface area contributed by atoms with E-state index in [-0.39, 0.29) is 30.3 Å². The monoisotopic (exact) mass is 280 g/mol. The summed E-state index contributed by atoms with van der Waals surface area (Å²) < 4.78 is 0. The number of nitrogens with zero attached hydrogens (tertiary/aromatic N) is 1. The summed E-state index contributed by atoms with van der Waals surface area (Å²) in [7, 11) is 0. The van der Waals surface area contributed by atoms with Crippen molar-refractivity contribution >= 4 is 29.1 Å². The van der Waals surface area contributed by atoms with Crippen molar-refractivity contribution in [2.45, 2.75) is 44.1 Å². The lowest BCUT2D eigenvalue weighted by Crippen LogP contribution is -2.74. The van der Waals surface area contributed by atoms with Gasteiger partial charge in [0, 0.05) is 6.04 Å². The van der Waals surface area contributed by atoms with Crippen LogP contribution in [0.4, 0.5) is 4.79 Å². The van der Waals surface area contributed by atoms with Crippen LogP contribution in [0.1, 0.15) is 25.7 Å². The molecule has 4 fully saturated rings. The van der Waals surface area contributed by atoms with Crippen molar-refractivity contribution < 1.29 is 9.59 Å². The number of fused-ring (bicyclic) bond motifs is 1. The van der Waals surface area contributed by atoms with Crippen LogP contribution in [0, 0.1) is 11.8 Å². The molecular formula is C12H16N4O2S.